The predicted octanol–water partition coefficient (Wildman–Crippen LogP) is 4.80. The molecule has 1 nitrogen and oxygen atoms in total. The number of rotatable bonds is 2. The number of halogens is 1. The van der Waals surface area contributed by atoms with Crippen molar-refractivity contribution in [3.8, 4) is 0 Å². The Balaban J connectivity index is 1.75. The Bertz CT molecular complexity index is 415. The molecule has 1 aliphatic heterocycles. The molecular formula is C15H20ClNS. The molecule has 0 bridgehead atoms. The lowest BCUT2D eigenvalue weighted by molar-refractivity contribution is 0.332. The summed E-state index contributed by atoms with van der Waals surface area (Å²) in [5.41, 5.74) is 1.42. The molecule has 1 saturated carbocycles. The van der Waals surface area contributed by atoms with Gasteiger partial charge in [-0.25, -0.2) is 0 Å². The summed E-state index contributed by atoms with van der Waals surface area (Å²) in [7, 11) is 0. The highest BCUT2D eigenvalue weighted by Crippen LogP contribution is 2.38. The first-order valence-corrected chi connectivity index (χ1v) is 8.37. The molecule has 1 N–H and O–H groups in total. The Morgan fingerprint density at radius 3 is 2.78 bits per heavy atom. The van der Waals surface area contributed by atoms with E-state index in [-0.39, 0.29) is 0 Å². The average molecular weight is 282 g/mol. The van der Waals surface area contributed by atoms with Crippen LogP contribution in [0.25, 0.3) is 0 Å². The molecule has 0 spiro atoms. The maximum absolute atomic E-state index is 6.15. The minimum atomic E-state index is 0.517. The van der Waals surface area contributed by atoms with Crippen molar-refractivity contribution in [3.05, 3.63) is 28.8 Å². The van der Waals surface area contributed by atoms with Crippen molar-refractivity contribution < 1.29 is 0 Å². The molecule has 1 aromatic carbocycles. The van der Waals surface area contributed by atoms with Crippen molar-refractivity contribution in [1.29, 1.82) is 0 Å². The third kappa shape index (κ3) is 2.87. The molecular weight excluding hydrogens is 262 g/mol. The summed E-state index contributed by atoms with van der Waals surface area (Å²) in [4.78, 5) is 1.42. The standard InChI is InChI=1S/C15H20ClNS/c16-11-6-7-15-13(10-11)14(8-9-18-15)17-12-4-2-1-3-5-12/h6-7,10,12,14,17H,1-5,8-9H2. The monoisotopic (exact) mass is 281 g/mol. The van der Waals surface area contributed by atoms with E-state index in [0.717, 1.165) is 11.1 Å². The van der Waals surface area contributed by atoms with Crippen LogP contribution in [0.15, 0.2) is 23.1 Å². The first kappa shape index (κ1) is 12.8. The zero-order chi connectivity index (χ0) is 12.4. The van der Waals surface area contributed by atoms with E-state index in [1.54, 1.807) is 0 Å². The summed E-state index contributed by atoms with van der Waals surface area (Å²) in [6.45, 7) is 0. The second-order valence-corrected chi connectivity index (χ2v) is 6.95. The Morgan fingerprint density at radius 1 is 1.11 bits per heavy atom. The zero-order valence-electron chi connectivity index (χ0n) is 10.6. The van der Waals surface area contributed by atoms with E-state index in [1.165, 1.54) is 54.7 Å². The number of benzene rings is 1. The first-order chi connectivity index (χ1) is 8.83. The van der Waals surface area contributed by atoms with E-state index >= 15 is 0 Å². The summed E-state index contributed by atoms with van der Waals surface area (Å²) in [5, 5.41) is 4.74. The van der Waals surface area contributed by atoms with Gasteiger partial charge in [-0.3, -0.25) is 0 Å². The number of hydrogen-bond acceptors (Lipinski definition) is 2. The highest BCUT2D eigenvalue weighted by atomic mass is 35.5. The Kier molecular flexibility index (Phi) is 4.17. The number of nitrogens with one attached hydrogen (secondary N) is 1. The van der Waals surface area contributed by atoms with Gasteiger partial charge in [0.15, 0.2) is 0 Å². The van der Waals surface area contributed by atoms with Crippen LogP contribution in [0.5, 0.6) is 0 Å². The van der Waals surface area contributed by atoms with Crippen LogP contribution in [0.2, 0.25) is 5.02 Å². The summed E-state index contributed by atoms with van der Waals surface area (Å²) >= 11 is 8.11. The van der Waals surface area contributed by atoms with E-state index < -0.39 is 0 Å². The molecule has 2 aliphatic rings. The molecule has 1 fully saturated rings. The third-order valence-electron chi connectivity index (χ3n) is 4.05. The molecule has 1 aliphatic carbocycles. The zero-order valence-corrected chi connectivity index (χ0v) is 12.2. The van der Waals surface area contributed by atoms with Crippen molar-refractivity contribution >= 4 is 23.4 Å². The molecule has 1 unspecified atom stereocenters. The molecule has 98 valence electrons. The Morgan fingerprint density at radius 2 is 1.94 bits per heavy atom. The number of thioether (sulfide) groups is 1. The van der Waals surface area contributed by atoms with Crippen LogP contribution in [0.4, 0.5) is 0 Å². The lowest BCUT2D eigenvalue weighted by atomic mass is 9.93. The normalized spacial score (nSPS) is 24.8. The van der Waals surface area contributed by atoms with Crippen LogP contribution in [0.3, 0.4) is 0 Å². The summed E-state index contributed by atoms with van der Waals surface area (Å²) < 4.78 is 0. The summed E-state index contributed by atoms with van der Waals surface area (Å²) in [5.74, 6) is 1.22. The molecule has 0 amide bonds. The van der Waals surface area contributed by atoms with Gasteiger partial charge in [0.1, 0.15) is 0 Å². The predicted molar refractivity (Wildman–Crippen MR) is 79.5 cm³/mol. The highest BCUT2D eigenvalue weighted by Gasteiger charge is 2.24. The molecule has 3 rings (SSSR count). The van der Waals surface area contributed by atoms with Crippen molar-refractivity contribution in [3.63, 3.8) is 0 Å². The quantitative estimate of drug-likeness (QED) is 0.836. The number of fused-ring (bicyclic) bond motifs is 1. The topological polar surface area (TPSA) is 12.0 Å². The molecule has 3 heteroatoms. The van der Waals surface area contributed by atoms with Crippen molar-refractivity contribution in [1.82, 2.24) is 5.32 Å². The molecule has 1 atom stereocenters. The second kappa shape index (κ2) is 5.85. The lowest BCUT2D eigenvalue weighted by Gasteiger charge is -2.32. The van der Waals surface area contributed by atoms with Crippen LogP contribution >= 0.6 is 23.4 Å². The van der Waals surface area contributed by atoms with Crippen molar-refractivity contribution in [2.75, 3.05) is 5.75 Å². The fraction of sp³-hybridized carbons (Fsp3) is 0.600. The van der Waals surface area contributed by atoms with Gasteiger partial charge in [-0.05, 0) is 48.8 Å². The van der Waals surface area contributed by atoms with Crippen LogP contribution in [-0.4, -0.2) is 11.8 Å². The smallest absolute Gasteiger partial charge is 0.0410 e. The SMILES string of the molecule is Clc1ccc2c(c1)C(NC1CCCCC1)CCS2. The van der Waals surface area contributed by atoms with Gasteiger partial charge < -0.3 is 5.32 Å². The van der Waals surface area contributed by atoms with E-state index in [4.69, 9.17) is 11.6 Å². The van der Waals surface area contributed by atoms with Gasteiger partial charge in [0.05, 0.1) is 0 Å². The van der Waals surface area contributed by atoms with Gasteiger partial charge in [0, 0.05) is 22.0 Å². The molecule has 1 aromatic rings. The van der Waals surface area contributed by atoms with Gasteiger partial charge in [-0.1, -0.05) is 30.9 Å². The maximum atomic E-state index is 6.15. The lowest BCUT2D eigenvalue weighted by Crippen LogP contribution is -2.35. The van der Waals surface area contributed by atoms with E-state index in [0.29, 0.717) is 6.04 Å². The second-order valence-electron chi connectivity index (χ2n) is 5.37. The molecule has 0 radical (unpaired) electrons. The third-order valence-corrected chi connectivity index (χ3v) is 5.41. The van der Waals surface area contributed by atoms with Crippen molar-refractivity contribution in [2.45, 2.75) is 55.5 Å². The van der Waals surface area contributed by atoms with Gasteiger partial charge in [-0.15, -0.1) is 11.8 Å². The van der Waals surface area contributed by atoms with Gasteiger partial charge in [-0.2, -0.15) is 0 Å². The minimum absolute atomic E-state index is 0.517. The maximum Gasteiger partial charge on any atom is 0.0410 e. The largest absolute Gasteiger partial charge is 0.307 e. The highest BCUT2D eigenvalue weighted by molar-refractivity contribution is 7.99. The van der Waals surface area contributed by atoms with E-state index in [9.17, 15) is 0 Å². The summed E-state index contributed by atoms with van der Waals surface area (Å²) in [6.07, 6.45) is 8.12. The van der Waals surface area contributed by atoms with E-state index in [1.807, 2.05) is 17.8 Å². The van der Waals surface area contributed by atoms with Crippen LogP contribution in [0.1, 0.15) is 50.1 Å². The molecule has 0 aromatic heterocycles. The number of hydrogen-bond donors (Lipinski definition) is 1. The first-order valence-electron chi connectivity index (χ1n) is 7.01. The fourth-order valence-corrected chi connectivity index (χ4v) is 4.38. The van der Waals surface area contributed by atoms with E-state index in [2.05, 4.69) is 17.4 Å². The average Bonchev–Trinajstić information content (AvgIpc) is 2.41. The minimum Gasteiger partial charge on any atom is -0.307 e. The van der Waals surface area contributed by atoms with Gasteiger partial charge in [0.25, 0.3) is 0 Å². The Hall–Kier alpha value is -0.180. The van der Waals surface area contributed by atoms with Gasteiger partial charge in [0.2, 0.25) is 0 Å². The van der Waals surface area contributed by atoms with Crippen LogP contribution in [-0.2, 0) is 0 Å². The fourth-order valence-electron chi connectivity index (χ4n) is 3.09. The molecule has 0 saturated heterocycles. The summed E-state index contributed by atoms with van der Waals surface area (Å²) in [6, 6.07) is 7.58. The molecule has 1 heterocycles. The van der Waals surface area contributed by atoms with Crippen LogP contribution in [0, 0.1) is 0 Å². The Labute approximate surface area is 119 Å². The van der Waals surface area contributed by atoms with Crippen LogP contribution < -0.4 is 5.32 Å². The van der Waals surface area contributed by atoms with Gasteiger partial charge >= 0.3 is 0 Å². The molecule has 18 heavy (non-hydrogen) atoms. The van der Waals surface area contributed by atoms with Crippen molar-refractivity contribution in [2.24, 2.45) is 0 Å².